The zero-order valence-electron chi connectivity index (χ0n) is 13.1. The second kappa shape index (κ2) is 7.50. The first-order valence-corrected chi connectivity index (χ1v) is 7.72. The van der Waals surface area contributed by atoms with Crippen molar-refractivity contribution in [3.63, 3.8) is 0 Å². The number of carboxylic acids is 1. The van der Waals surface area contributed by atoms with Gasteiger partial charge in [-0.15, -0.1) is 0 Å². The van der Waals surface area contributed by atoms with E-state index in [4.69, 9.17) is 0 Å². The number of hydrogen-bond acceptors (Lipinski definition) is 2. The number of carboxylic acid groups (broad SMARTS) is 1. The van der Waals surface area contributed by atoms with E-state index >= 15 is 0 Å². The average Bonchev–Trinajstić information content (AvgIpc) is 2.39. The summed E-state index contributed by atoms with van der Waals surface area (Å²) in [6.45, 7) is 8.66. The van der Waals surface area contributed by atoms with Gasteiger partial charge >= 0.3 is 12.0 Å². The van der Waals surface area contributed by atoms with Crippen molar-refractivity contribution in [2.24, 2.45) is 11.8 Å². The zero-order chi connectivity index (χ0) is 15.3. The quantitative estimate of drug-likeness (QED) is 0.815. The van der Waals surface area contributed by atoms with E-state index < -0.39 is 12.0 Å². The van der Waals surface area contributed by atoms with Crippen LogP contribution < -0.4 is 5.32 Å². The first-order valence-electron chi connectivity index (χ1n) is 7.72. The van der Waals surface area contributed by atoms with Crippen molar-refractivity contribution in [3.8, 4) is 0 Å². The maximum atomic E-state index is 12.4. The molecule has 2 N–H and O–H groups in total. The summed E-state index contributed by atoms with van der Waals surface area (Å²) in [6.07, 6.45) is 3.76. The lowest BCUT2D eigenvalue weighted by atomic mass is 9.91. The average molecular weight is 284 g/mol. The number of piperidine rings is 1. The molecule has 0 saturated carbocycles. The fourth-order valence-electron chi connectivity index (χ4n) is 3.18. The van der Waals surface area contributed by atoms with E-state index in [-0.39, 0.29) is 18.0 Å². The molecule has 0 bridgehead atoms. The molecule has 116 valence electrons. The fourth-order valence-corrected chi connectivity index (χ4v) is 3.18. The van der Waals surface area contributed by atoms with Crippen LogP contribution in [0.1, 0.15) is 53.4 Å². The Balaban J connectivity index is 2.71. The minimum atomic E-state index is -0.900. The second-order valence-corrected chi connectivity index (χ2v) is 5.91. The standard InChI is InChI=1S/C15H28N2O3/c1-5-12(6-2)11(4)16-15(20)17-9-7-8-10(3)13(17)14(18)19/h10-13H,5-9H2,1-4H3,(H,16,20)(H,18,19). The van der Waals surface area contributed by atoms with Gasteiger partial charge in [0.15, 0.2) is 0 Å². The zero-order valence-corrected chi connectivity index (χ0v) is 13.1. The summed E-state index contributed by atoms with van der Waals surface area (Å²) in [4.78, 5) is 25.2. The van der Waals surface area contributed by atoms with Crippen LogP contribution in [0.5, 0.6) is 0 Å². The van der Waals surface area contributed by atoms with Gasteiger partial charge in [-0.25, -0.2) is 9.59 Å². The number of likely N-dealkylation sites (tertiary alicyclic amines) is 1. The van der Waals surface area contributed by atoms with Crippen LogP contribution in [0.3, 0.4) is 0 Å². The van der Waals surface area contributed by atoms with E-state index in [1.807, 2.05) is 13.8 Å². The molecule has 0 aromatic heterocycles. The normalized spacial score (nSPS) is 24.6. The first-order chi connectivity index (χ1) is 9.42. The summed E-state index contributed by atoms with van der Waals surface area (Å²) in [5.41, 5.74) is 0. The van der Waals surface area contributed by atoms with Crippen LogP contribution in [0, 0.1) is 11.8 Å². The molecule has 1 aliphatic rings. The fraction of sp³-hybridized carbons (Fsp3) is 0.867. The smallest absolute Gasteiger partial charge is 0.326 e. The minimum absolute atomic E-state index is 0.00968. The molecule has 3 unspecified atom stereocenters. The molecule has 5 nitrogen and oxygen atoms in total. The second-order valence-electron chi connectivity index (χ2n) is 5.91. The number of amides is 2. The lowest BCUT2D eigenvalue weighted by molar-refractivity contribution is -0.145. The molecule has 1 aliphatic heterocycles. The molecule has 0 spiro atoms. The van der Waals surface area contributed by atoms with Gasteiger partial charge in [-0.3, -0.25) is 0 Å². The molecular weight excluding hydrogens is 256 g/mol. The topological polar surface area (TPSA) is 69.6 Å². The molecule has 2 amide bonds. The molecule has 5 heteroatoms. The van der Waals surface area contributed by atoms with Crippen LogP contribution in [0.25, 0.3) is 0 Å². The SMILES string of the molecule is CCC(CC)C(C)NC(=O)N1CCCC(C)C1C(=O)O. The van der Waals surface area contributed by atoms with E-state index in [0.29, 0.717) is 12.5 Å². The van der Waals surface area contributed by atoms with Gasteiger partial charge in [0.25, 0.3) is 0 Å². The number of urea groups is 1. The number of hydrogen-bond donors (Lipinski definition) is 2. The van der Waals surface area contributed by atoms with Crippen LogP contribution in [0.4, 0.5) is 4.79 Å². The highest BCUT2D eigenvalue weighted by atomic mass is 16.4. The van der Waals surface area contributed by atoms with E-state index in [0.717, 1.165) is 25.7 Å². The maximum absolute atomic E-state index is 12.4. The Morgan fingerprint density at radius 3 is 2.45 bits per heavy atom. The maximum Gasteiger partial charge on any atom is 0.326 e. The van der Waals surface area contributed by atoms with E-state index in [1.165, 1.54) is 4.90 Å². The highest BCUT2D eigenvalue weighted by Crippen LogP contribution is 2.24. The third-order valence-electron chi connectivity index (χ3n) is 4.55. The monoisotopic (exact) mass is 284 g/mol. The van der Waals surface area contributed by atoms with Crippen molar-refractivity contribution in [2.75, 3.05) is 6.54 Å². The highest BCUT2D eigenvalue weighted by molar-refractivity contribution is 5.83. The lowest BCUT2D eigenvalue weighted by Gasteiger charge is -2.38. The van der Waals surface area contributed by atoms with Gasteiger partial charge in [0.05, 0.1) is 0 Å². The first kappa shape index (κ1) is 16.8. The largest absolute Gasteiger partial charge is 0.480 e. The molecule has 0 aromatic carbocycles. The summed E-state index contributed by atoms with van der Waals surface area (Å²) in [5, 5.41) is 12.3. The van der Waals surface area contributed by atoms with Crippen LogP contribution >= 0.6 is 0 Å². The summed E-state index contributed by atoms with van der Waals surface area (Å²) in [6, 6.07) is -0.856. The number of carbonyl (C=O) groups excluding carboxylic acids is 1. The number of rotatable bonds is 5. The third-order valence-corrected chi connectivity index (χ3v) is 4.55. The number of aliphatic carboxylic acids is 1. The summed E-state index contributed by atoms with van der Waals surface area (Å²) >= 11 is 0. The van der Waals surface area contributed by atoms with Gasteiger partial charge in [-0.1, -0.05) is 33.6 Å². The number of carbonyl (C=O) groups is 2. The number of nitrogens with one attached hydrogen (secondary N) is 1. The summed E-state index contributed by atoms with van der Waals surface area (Å²) in [7, 11) is 0. The number of nitrogens with zero attached hydrogens (tertiary/aromatic N) is 1. The predicted molar refractivity (Wildman–Crippen MR) is 78.6 cm³/mol. The third kappa shape index (κ3) is 3.87. The van der Waals surface area contributed by atoms with Crippen LogP contribution in [0.15, 0.2) is 0 Å². The van der Waals surface area contributed by atoms with Crippen LogP contribution in [0.2, 0.25) is 0 Å². The molecular formula is C15H28N2O3. The van der Waals surface area contributed by atoms with Gasteiger partial charge in [0.2, 0.25) is 0 Å². The Morgan fingerprint density at radius 2 is 1.95 bits per heavy atom. The van der Waals surface area contributed by atoms with E-state index in [2.05, 4.69) is 19.2 Å². The van der Waals surface area contributed by atoms with Crippen molar-refractivity contribution in [3.05, 3.63) is 0 Å². The molecule has 0 aliphatic carbocycles. The minimum Gasteiger partial charge on any atom is -0.480 e. The van der Waals surface area contributed by atoms with Crippen molar-refractivity contribution >= 4 is 12.0 Å². The molecule has 1 fully saturated rings. The van der Waals surface area contributed by atoms with E-state index in [1.54, 1.807) is 0 Å². The Morgan fingerprint density at radius 1 is 1.35 bits per heavy atom. The Bertz CT molecular complexity index is 342. The van der Waals surface area contributed by atoms with Gasteiger partial charge < -0.3 is 15.3 Å². The predicted octanol–water partition coefficient (Wildman–Crippen LogP) is 2.71. The van der Waals surface area contributed by atoms with E-state index in [9.17, 15) is 14.7 Å². The highest BCUT2D eigenvalue weighted by Gasteiger charge is 2.37. The molecule has 1 heterocycles. The van der Waals surface area contributed by atoms with Gasteiger partial charge in [-0.05, 0) is 31.6 Å². The van der Waals surface area contributed by atoms with Gasteiger partial charge in [0.1, 0.15) is 6.04 Å². The molecule has 1 rings (SSSR count). The Labute approximate surface area is 121 Å². The van der Waals surface area contributed by atoms with Crippen molar-refractivity contribution in [1.82, 2.24) is 10.2 Å². The van der Waals surface area contributed by atoms with Crippen molar-refractivity contribution in [1.29, 1.82) is 0 Å². The molecule has 3 atom stereocenters. The van der Waals surface area contributed by atoms with Crippen LogP contribution in [-0.2, 0) is 4.79 Å². The van der Waals surface area contributed by atoms with Gasteiger partial charge in [0, 0.05) is 12.6 Å². The van der Waals surface area contributed by atoms with Crippen molar-refractivity contribution < 1.29 is 14.7 Å². The molecule has 0 aromatic rings. The van der Waals surface area contributed by atoms with Crippen molar-refractivity contribution in [2.45, 2.75) is 65.5 Å². The summed E-state index contributed by atoms with van der Waals surface area (Å²) in [5.74, 6) is -0.456. The Kier molecular flexibility index (Phi) is 6.30. The molecule has 20 heavy (non-hydrogen) atoms. The Hall–Kier alpha value is -1.26. The summed E-state index contributed by atoms with van der Waals surface area (Å²) < 4.78 is 0. The molecule has 1 saturated heterocycles. The van der Waals surface area contributed by atoms with Crippen LogP contribution in [-0.4, -0.2) is 40.6 Å². The lowest BCUT2D eigenvalue weighted by Crippen LogP contribution is -2.56. The van der Waals surface area contributed by atoms with Gasteiger partial charge in [-0.2, -0.15) is 0 Å². The molecule has 0 radical (unpaired) electrons.